The van der Waals surface area contributed by atoms with Gasteiger partial charge in [-0.05, 0) is 18.3 Å². The first-order chi connectivity index (χ1) is 6.31. The van der Waals surface area contributed by atoms with Crippen LogP contribution in [0.3, 0.4) is 0 Å². The zero-order chi connectivity index (χ0) is 9.94. The Balaban J connectivity index is 2.91. The Bertz CT molecular complexity index is 96.2. The van der Waals surface area contributed by atoms with E-state index < -0.39 is 0 Å². The van der Waals surface area contributed by atoms with Gasteiger partial charge in [-0.15, -0.1) is 0 Å². The summed E-state index contributed by atoms with van der Waals surface area (Å²) in [6, 6.07) is 1.68. The molecule has 0 amide bonds. The molecule has 0 nitrogen and oxygen atoms in total. The topological polar surface area (TPSA) is 0 Å². The first kappa shape index (κ1) is 13.7. The molecule has 0 heterocycles. The number of rotatable bonds is 9. The Morgan fingerprint density at radius 1 is 1.00 bits per heavy atom. The lowest BCUT2D eigenvalue weighted by Gasteiger charge is -2.05. The van der Waals surface area contributed by atoms with Crippen molar-refractivity contribution in [3.63, 3.8) is 0 Å². The molecule has 80 valence electrons. The van der Waals surface area contributed by atoms with Gasteiger partial charge >= 0.3 is 0 Å². The molecule has 0 N–H and O–H groups in total. The standard InChI is InChI=1S/C10H28Si3/c1-3-4-5-6-7-8-9-10-13(2)12-11/h13H,3-10,12H2,1-2,11H3. The van der Waals surface area contributed by atoms with E-state index in [1.54, 1.807) is 22.2 Å². The van der Waals surface area contributed by atoms with Crippen LogP contribution in [-0.4, -0.2) is 26.6 Å². The van der Waals surface area contributed by atoms with Crippen LogP contribution < -0.4 is 0 Å². The zero-order valence-electron chi connectivity index (χ0n) is 9.94. The van der Waals surface area contributed by atoms with Crippen molar-refractivity contribution in [2.45, 2.75) is 64.5 Å². The summed E-state index contributed by atoms with van der Waals surface area (Å²) in [4.78, 5) is 0. The van der Waals surface area contributed by atoms with E-state index in [9.17, 15) is 0 Å². The maximum absolute atomic E-state index is 2.61. The third-order valence-corrected chi connectivity index (χ3v) is 23.7. The van der Waals surface area contributed by atoms with Gasteiger partial charge in [-0.25, -0.2) is 0 Å². The van der Waals surface area contributed by atoms with Crippen LogP contribution in [0.15, 0.2) is 0 Å². The highest BCUT2D eigenvalue weighted by Crippen LogP contribution is 2.09. The van der Waals surface area contributed by atoms with Crippen molar-refractivity contribution in [1.82, 2.24) is 0 Å². The normalized spacial score (nSPS) is 14.3. The van der Waals surface area contributed by atoms with E-state index in [0.29, 0.717) is 8.55 Å². The summed E-state index contributed by atoms with van der Waals surface area (Å²) in [7, 11) is 2.12. The second-order valence-corrected chi connectivity index (χ2v) is 22.0. The van der Waals surface area contributed by atoms with E-state index in [2.05, 4.69) is 13.5 Å². The molecule has 0 aliphatic carbocycles. The number of unbranched alkanes of at least 4 members (excludes halogenated alkanes) is 6. The van der Waals surface area contributed by atoms with Gasteiger partial charge in [0.25, 0.3) is 0 Å². The Kier molecular flexibility index (Phi) is 11.3. The monoisotopic (exact) mass is 232 g/mol. The molecule has 13 heavy (non-hydrogen) atoms. The smallest absolute Gasteiger partial charge is 0.0176 e. The highest BCUT2D eigenvalue weighted by molar-refractivity contribution is 7.31. The first-order valence-electron chi connectivity index (χ1n) is 6.31. The van der Waals surface area contributed by atoms with Gasteiger partial charge in [-0.2, -0.15) is 0 Å². The second-order valence-electron chi connectivity index (χ2n) is 4.42. The van der Waals surface area contributed by atoms with E-state index in [0.717, 1.165) is 0 Å². The predicted molar refractivity (Wildman–Crippen MR) is 74.3 cm³/mol. The summed E-state index contributed by atoms with van der Waals surface area (Å²) in [6.07, 6.45) is 10.5. The molecule has 0 aromatic carbocycles. The van der Waals surface area contributed by atoms with Gasteiger partial charge in [0.15, 0.2) is 0 Å². The lowest BCUT2D eigenvalue weighted by atomic mass is 10.1. The van der Waals surface area contributed by atoms with Gasteiger partial charge in [0.1, 0.15) is 0 Å². The van der Waals surface area contributed by atoms with Crippen LogP contribution in [0.25, 0.3) is 0 Å². The molecule has 0 saturated carbocycles. The minimum atomic E-state index is -0.0456. The number of hydrogen-bond donors (Lipinski definition) is 0. The van der Waals surface area contributed by atoms with Crippen LogP contribution in [-0.2, 0) is 0 Å². The summed E-state index contributed by atoms with van der Waals surface area (Å²) < 4.78 is 0. The van der Waals surface area contributed by atoms with Gasteiger partial charge in [0.2, 0.25) is 0 Å². The lowest BCUT2D eigenvalue weighted by molar-refractivity contribution is 0.601. The fourth-order valence-corrected chi connectivity index (χ4v) is 8.81. The SMILES string of the molecule is CCCCCCCCC[SiH](C)[SiH2][SiH3]. The van der Waals surface area contributed by atoms with Crippen molar-refractivity contribution in [3.05, 3.63) is 0 Å². The molecule has 1 unspecified atom stereocenters. The van der Waals surface area contributed by atoms with E-state index in [1.165, 1.54) is 38.5 Å². The third-order valence-electron chi connectivity index (χ3n) is 3.00. The predicted octanol–water partition coefficient (Wildman–Crippen LogP) is 1.54. The van der Waals surface area contributed by atoms with E-state index >= 15 is 0 Å². The van der Waals surface area contributed by atoms with Crippen molar-refractivity contribution in [2.24, 2.45) is 0 Å². The van der Waals surface area contributed by atoms with Crippen molar-refractivity contribution >= 4 is 26.6 Å². The lowest BCUT2D eigenvalue weighted by Crippen LogP contribution is -2.17. The van der Waals surface area contributed by atoms with Crippen LogP contribution in [0, 0.1) is 0 Å². The molecule has 0 aromatic rings. The van der Waals surface area contributed by atoms with Gasteiger partial charge in [0, 0.05) is 8.31 Å². The van der Waals surface area contributed by atoms with Crippen LogP contribution in [0.1, 0.15) is 51.9 Å². The van der Waals surface area contributed by atoms with Gasteiger partial charge in [0.05, 0.1) is 0 Å². The Hall–Kier alpha value is 0.651. The van der Waals surface area contributed by atoms with Crippen molar-refractivity contribution < 1.29 is 0 Å². The molecule has 0 saturated heterocycles. The Morgan fingerprint density at radius 2 is 1.54 bits per heavy atom. The third kappa shape index (κ3) is 10.6. The van der Waals surface area contributed by atoms with E-state index in [-0.39, 0.29) is 8.31 Å². The fraction of sp³-hybridized carbons (Fsp3) is 1.00. The van der Waals surface area contributed by atoms with Crippen LogP contribution in [0.2, 0.25) is 12.6 Å². The number of hydrogen-bond acceptors (Lipinski definition) is 0. The Labute approximate surface area is 91.3 Å². The van der Waals surface area contributed by atoms with Crippen molar-refractivity contribution in [3.8, 4) is 0 Å². The average molecular weight is 233 g/mol. The van der Waals surface area contributed by atoms with E-state index in [4.69, 9.17) is 0 Å². The van der Waals surface area contributed by atoms with Crippen molar-refractivity contribution in [1.29, 1.82) is 0 Å². The van der Waals surface area contributed by atoms with Gasteiger partial charge in [-0.3, -0.25) is 0 Å². The van der Waals surface area contributed by atoms with Crippen LogP contribution in [0.5, 0.6) is 0 Å². The summed E-state index contributed by atoms with van der Waals surface area (Å²) in [6.45, 7) is 4.90. The minimum Gasteiger partial charge on any atom is -0.0746 e. The quantitative estimate of drug-likeness (QED) is 0.418. The molecule has 0 radical (unpaired) electrons. The molecule has 0 aliphatic heterocycles. The molecule has 0 rings (SSSR count). The maximum atomic E-state index is 2.61. The van der Waals surface area contributed by atoms with Crippen molar-refractivity contribution in [2.75, 3.05) is 0 Å². The first-order valence-corrected chi connectivity index (χ1v) is 17.2. The largest absolute Gasteiger partial charge is 0.0746 e. The molecule has 0 fully saturated rings. The summed E-state index contributed by atoms with van der Waals surface area (Å²) in [5, 5.41) is 0. The maximum Gasteiger partial charge on any atom is 0.0176 e. The molecule has 0 bridgehead atoms. The molecular formula is C10H28Si3. The van der Waals surface area contributed by atoms with Gasteiger partial charge in [-0.1, -0.05) is 64.5 Å². The molecule has 0 spiro atoms. The fourth-order valence-electron chi connectivity index (χ4n) is 1.65. The summed E-state index contributed by atoms with van der Waals surface area (Å²) in [5.41, 5.74) is 0. The molecule has 1 atom stereocenters. The zero-order valence-corrected chi connectivity index (χ0v) is 14.5. The van der Waals surface area contributed by atoms with Crippen LogP contribution >= 0.6 is 0 Å². The summed E-state index contributed by atoms with van der Waals surface area (Å²) >= 11 is 0. The van der Waals surface area contributed by atoms with E-state index in [1.807, 2.05) is 0 Å². The summed E-state index contributed by atoms with van der Waals surface area (Å²) in [5.74, 6) is 0. The molecule has 3 heteroatoms. The van der Waals surface area contributed by atoms with Gasteiger partial charge < -0.3 is 0 Å². The molecular weight excluding hydrogens is 204 g/mol. The highest BCUT2D eigenvalue weighted by Gasteiger charge is 1.99. The molecule has 0 aliphatic rings. The Morgan fingerprint density at radius 3 is 2.08 bits per heavy atom. The van der Waals surface area contributed by atoms with Crippen LogP contribution in [0.4, 0.5) is 0 Å². The molecule has 0 aromatic heterocycles. The second kappa shape index (κ2) is 10.7. The average Bonchev–Trinajstić information content (AvgIpc) is 2.16. The minimum absolute atomic E-state index is 0.0456. The highest BCUT2D eigenvalue weighted by atomic mass is 29.5.